The molecule has 0 radical (unpaired) electrons. The van der Waals surface area contributed by atoms with Crippen molar-refractivity contribution < 1.29 is 14.3 Å². The Hall–Kier alpha value is -2.96. The Bertz CT molecular complexity index is 1130. The Kier molecular flexibility index (Phi) is 4.85. The van der Waals surface area contributed by atoms with Crippen molar-refractivity contribution >= 4 is 34.3 Å². The minimum atomic E-state index is -0.205. The van der Waals surface area contributed by atoms with Gasteiger partial charge in [-0.05, 0) is 18.9 Å². The van der Waals surface area contributed by atoms with Gasteiger partial charge in [-0.15, -0.1) is 11.3 Å². The molecule has 2 fully saturated rings. The van der Waals surface area contributed by atoms with Gasteiger partial charge in [0, 0.05) is 62.0 Å². The second-order valence-corrected chi connectivity index (χ2v) is 9.63. The van der Waals surface area contributed by atoms with Crippen LogP contribution in [0.3, 0.4) is 0 Å². The third-order valence-electron chi connectivity index (χ3n) is 6.44. The molecule has 0 atom stereocenters. The Morgan fingerprint density at radius 3 is 2.84 bits per heavy atom. The number of piperazine rings is 1. The number of amides is 1. The number of fused-ring (bicyclic) bond motifs is 2. The molecule has 1 saturated heterocycles. The van der Waals surface area contributed by atoms with Crippen LogP contribution < -0.4 is 4.90 Å². The molecule has 4 aliphatic rings. The average molecular weight is 450 g/mol. The SMILES string of the molecule is N#CC1=C(c2nc3c(s2)COCC3)Cc2nccc(N3CCN(C(=O)OC4CC4)CC3)c21. The van der Waals surface area contributed by atoms with E-state index in [2.05, 4.69) is 16.0 Å². The summed E-state index contributed by atoms with van der Waals surface area (Å²) in [4.78, 5) is 26.9. The number of allylic oxidation sites excluding steroid dienone is 2. The molecular formula is C23H23N5O3S. The van der Waals surface area contributed by atoms with Crippen molar-refractivity contribution in [2.75, 3.05) is 37.7 Å². The predicted molar refractivity (Wildman–Crippen MR) is 119 cm³/mol. The Morgan fingerprint density at radius 1 is 1.25 bits per heavy atom. The van der Waals surface area contributed by atoms with E-state index in [0.717, 1.165) is 57.4 Å². The molecule has 164 valence electrons. The van der Waals surface area contributed by atoms with Gasteiger partial charge in [-0.1, -0.05) is 0 Å². The summed E-state index contributed by atoms with van der Waals surface area (Å²) >= 11 is 1.63. The maximum Gasteiger partial charge on any atom is 0.410 e. The molecule has 1 saturated carbocycles. The standard InChI is InChI=1S/C23H23N5O3S/c24-12-16-15(22-26-17-4-10-30-13-20(17)32-22)11-18-21(16)19(3-5-25-18)27-6-8-28(9-7-27)23(29)31-14-1-2-14/h3,5,14H,1-2,4,6-11,13H2. The van der Waals surface area contributed by atoms with E-state index < -0.39 is 0 Å². The Morgan fingerprint density at radius 2 is 2.09 bits per heavy atom. The quantitative estimate of drug-likeness (QED) is 0.711. The lowest BCUT2D eigenvalue weighted by Gasteiger charge is -2.36. The van der Waals surface area contributed by atoms with Crippen LogP contribution >= 0.6 is 11.3 Å². The lowest BCUT2D eigenvalue weighted by Crippen LogP contribution is -2.49. The number of carbonyl (C=O) groups excluding carboxylic acids is 1. The number of hydrogen-bond acceptors (Lipinski definition) is 8. The first kappa shape index (κ1) is 19.7. The third kappa shape index (κ3) is 3.44. The Balaban J connectivity index is 1.27. The van der Waals surface area contributed by atoms with Gasteiger partial charge in [0.2, 0.25) is 0 Å². The molecule has 1 amide bonds. The van der Waals surface area contributed by atoms with E-state index in [-0.39, 0.29) is 12.2 Å². The third-order valence-corrected chi connectivity index (χ3v) is 7.57. The molecule has 0 N–H and O–H groups in total. The predicted octanol–water partition coefficient (Wildman–Crippen LogP) is 3.02. The number of carbonyl (C=O) groups is 1. The summed E-state index contributed by atoms with van der Waals surface area (Å²) in [5, 5.41) is 11.0. The van der Waals surface area contributed by atoms with Gasteiger partial charge in [0.05, 0.1) is 35.1 Å². The van der Waals surface area contributed by atoms with Crippen LogP contribution in [0.5, 0.6) is 0 Å². The molecular weight excluding hydrogens is 426 g/mol. The highest BCUT2D eigenvalue weighted by Gasteiger charge is 2.33. The van der Waals surface area contributed by atoms with Crippen LogP contribution in [0.4, 0.5) is 10.5 Å². The highest BCUT2D eigenvalue weighted by Crippen LogP contribution is 2.43. The molecule has 32 heavy (non-hydrogen) atoms. The molecule has 6 rings (SSSR count). The maximum atomic E-state index is 12.3. The number of pyridine rings is 1. The van der Waals surface area contributed by atoms with Gasteiger partial charge in [-0.2, -0.15) is 5.26 Å². The summed E-state index contributed by atoms with van der Waals surface area (Å²) in [7, 11) is 0. The number of rotatable bonds is 3. The molecule has 4 heterocycles. The van der Waals surface area contributed by atoms with Gasteiger partial charge in [0.15, 0.2) is 0 Å². The Labute approximate surface area is 190 Å². The van der Waals surface area contributed by atoms with Crippen LogP contribution in [-0.2, 0) is 28.9 Å². The lowest BCUT2D eigenvalue weighted by molar-refractivity contribution is 0.0939. The highest BCUT2D eigenvalue weighted by atomic mass is 32.1. The van der Waals surface area contributed by atoms with E-state index in [4.69, 9.17) is 14.5 Å². The normalized spacial score (nSPS) is 20.1. The van der Waals surface area contributed by atoms with Crippen LogP contribution in [0.25, 0.3) is 11.1 Å². The van der Waals surface area contributed by atoms with Crippen molar-refractivity contribution in [3.05, 3.63) is 39.1 Å². The van der Waals surface area contributed by atoms with Gasteiger partial charge < -0.3 is 19.3 Å². The monoisotopic (exact) mass is 449 g/mol. The lowest BCUT2D eigenvalue weighted by atomic mass is 10.1. The summed E-state index contributed by atoms with van der Waals surface area (Å²) < 4.78 is 11.0. The minimum Gasteiger partial charge on any atom is -0.446 e. The van der Waals surface area contributed by atoms with E-state index in [0.29, 0.717) is 51.4 Å². The van der Waals surface area contributed by atoms with Crippen molar-refractivity contribution in [3.63, 3.8) is 0 Å². The smallest absolute Gasteiger partial charge is 0.410 e. The van der Waals surface area contributed by atoms with Crippen molar-refractivity contribution in [3.8, 4) is 6.07 Å². The second kappa shape index (κ2) is 7.87. The molecule has 0 spiro atoms. The molecule has 0 aromatic carbocycles. The summed E-state index contributed by atoms with van der Waals surface area (Å²) in [6.07, 6.45) is 5.14. The molecule has 9 heteroatoms. The summed E-state index contributed by atoms with van der Waals surface area (Å²) in [5.41, 5.74) is 5.59. The van der Waals surface area contributed by atoms with Gasteiger partial charge in [-0.3, -0.25) is 4.98 Å². The van der Waals surface area contributed by atoms with Gasteiger partial charge in [0.25, 0.3) is 0 Å². The van der Waals surface area contributed by atoms with E-state index >= 15 is 0 Å². The van der Waals surface area contributed by atoms with Crippen LogP contribution in [0.1, 0.15) is 39.7 Å². The first-order valence-corrected chi connectivity index (χ1v) is 11.9. The zero-order chi connectivity index (χ0) is 21.7. The summed E-state index contributed by atoms with van der Waals surface area (Å²) in [6.45, 7) is 3.93. The fraction of sp³-hybridized carbons (Fsp3) is 0.478. The zero-order valence-electron chi connectivity index (χ0n) is 17.7. The number of nitrogens with zero attached hydrogens (tertiary/aromatic N) is 5. The molecule has 2 aromatic heterocycles. The topological polar surface area (TPSA) is 91.6 Å². The average Bonchev–Trinajstić information content (AvgIpc) is 3.40. The number of thiazole rings is 1. The second-order valence-electron chi connectivity index (χ2n) is 8.54. The first-order chi connectivity index (χ1) is 15.7. The molecule has 2 aromatic rings. The van der Waals surface area contributed by atoms with Crippen LogP contribution in [0, 0.1) is 11.3 Å². The fourth-order valence-corrected chi connectivity index (χ4v) is 5.66. The first-order valence-electron chi connectivity index (χ1n) is 11.1. The number of hydrogen-bond donors (Lipinski definition) is 0. The van der Waals surface area contributed by atoms with Crippen molar-refractivity contribution in [2.45, 2.75) is 38.4 Å². The van der Waals surface area contributed by atoms with Gasteiger partial charge >= 0.3 is 6.09 Å². The number of aromatic nitrogens is 2. The van der Waals surface area contributed by atoms with E-state index in [1.807, 2.05) is 12.3 Å². The maximum absolute atomic E-state index is 12.3. The fourth-order valence-electron chi connectivity index (χ4n) is 4.56. The highest BCUT2D eigenvalue weighted by molar-refractivity contribution is 7.13. The number of ether oxygens (including phenoxy) is 2. The van der Waals surface area contributed by atoms with Crippen molar-refractivity contribution in [2.24, 2.45) is 0 Å². The van der Waals surface area contributed by atoms with Crippen LogP contribution in [-0.4, -0.2) is 59.9 Å². The number of nitriles is 1. The molecule has 0 unspecified atom stereocenters. The largest absolute Gasteiger partial charge is 0.446 e. The van der Waals surface area contributed by atoms with Crippen LogP contribution in [0.15, 0.2) is 12.3 Å². The molecule has 0 bridgehead atoms. The van der Waals surface area contributed by atoms with Crippen molar-refractivity contribution in [1.82, 2.24) is 14.9 Å². The van der Waals surface area contributed by atoms with Crippen LogP contribution in [0.2, 0.25) is 0 Å². The summed E-state index contributed by atoms with van der Waals surface area (Å²) in [5.74, 6) is 0. The van der Waals surface area contributed by atoms with Crippen molar-refractivity contribution in [1.29, 1.82) is 5.26 Å². The minimum absolute atomic E-state index is 0.119. The zero-order valence-corrected chi connectivity index (χ0v) is 18.5. The molecule has 2 aliphatic heterocycles. The molecule has 2 aliphatic carbocycles. The van der Waals surface area contributed by atoms with Gasteiger partial charge in [0.1, 0.15) is 17.2 Å². The van der Waals surface area contributed by atoms with E-state index in [9.17, 15) is 10.1 Å². The molecule has 8 nitrogen and oxygen atoms in total. The van der Waals surface area contributed by atoms with E-state index in [1.54, 1.807) is 16.2 Å². The van der Waals surface area contributed by atoms with Gasteiger partial charge in [-0.25, -0.2) is 9.78 Å². The number of anilines is 1. The summed E-state index contributed by atoms with van der Waals surface area (Å²) in [6, 6.07) is 4.43. The van der Waals surface area contributed by atoms with E-state index in [1.165, 1.54) is 0 Å².